The zero-order valence-electron chi connectivity index (χ0n) is 10.3. The smallest absolute Gasteiger partial charge is 0.411 e. The summed E-state index contributed by atoms with van der Waals surface area (Å²) in [7, 11) is 0. The maximum Gasteiger partial charge on any atom is 0.416 e. The predicted octanol–water partition coefficient (Wildman–Crippen LogP) is 3.13. The van der Waals surface area contributed by atoms with Crippen LogP contribution in [0.3, 0.4) is 0 Å². The van der Waals surface area contributed by atoms with Crippen LogP contribution in [-0.4, -0.2) is 28.9 Å². The van der Waals surface area contributed by atoms with E-state index in [1.54, 1.807) is 6.07 Å². The van der Waals surface area contributed by atoms with Crippen molar-refractivity contribution >= 4 is 5.71 Å². The van der Waals surface area contributed by atoms with Gasteiger partial charge < -0.3 is 5.21 Å². The molecule has 0 unspecified atom stereocenters. The first-order chi connectivity index (χ1) is 8.99. The molecule has 1 aromatic rings. The summed E-state index contributed by atoms with van der Waals surface area (Å²) in [6.45, 7) is 1.90. The number of hydrogen-bond acceptors (Lipinski definition) is 3. The molecule has 3 nitrogen and oxygen atoms in total. The third-order valence-corrected chi connectivity index (χ3v) is 3.24. The van der Waals surface area contributed by atoms with Crippen molar-refractivity contribution in [2.75, 3.05) is 13.1 Å². The van der Waals surface area contributed by atoms with Gasteiger partial charge in [-0.1, -0.05) is 23.4 Å². The summed E-state index contributed by atoms with van der Waals surface area (Å²) in [5.41, 5.74) is 0.791. The molecule has 1 aliphatic rings. The molecule has 0 bridgehead atoms. The highest BCUT2D eigenvalue weighted by Gasteiger charge is 2.30. The highest BCUT2D eigenvalue weighted by atomic mass is 19.4. The van der Waals surface area contributed by atoms with Gasteiger partial charge in [-0.05, 0) is 11.6 Å². The van der Waals surface area contributed by atoms with Crippen molar-refractivity contribution < 1.29 is 18.4 Å². The van der Waals surface area contributed by atoms with Gasteiger partial charge in [0, 0.05) is 32.5 Å². The number of piperidine rings is 1. The maximum atomic E-state index is 12.6. The molecule has 0 aliphatic carbocycles. The number of benzene rings is 1. The number of oxime groups is 1. The molecular weight excluding hydrogens is 257 g/mol. The monoisotopic (exact) mass is 272 g/mol. The van der Waals surface area contributed by atoms with Gasteiger partial charge in [-0.2, -0.15) is 13.2 Å². The third-order valence-electron chi connectivity index (χ3n) is 3.24. The van der Waals surface area contributed by atoms with Gasteiger partial charge in [0.25, 0.3) is 0 Å². The van der Waals surface area contributed by atoms with Gasteiger partial charge in [0.1, 0.15) is 0 Å². The number of alkyl halides is 3. The zero-order valence-corrected chi connectivity index (χ0v) is 10.3. The van der Waals surface area contributed by atoms with E-state index in [9.17, 15) is 13.2 Å². The molecule has 1 heterocycles. The quantitative estimate of drug-likeness (QED) is 0.663. The van der Waals surface area contributed by atoms with E-state index >= 15 is 0 Å². The minimum absolute atomic E-state index is 0.489. The van der Waals surface area contributed by atoms with Gasteiger partial charge >= 0.3 is 6.18 Å². The largest absolute Gasteiger partial charge is 0.416 e. The molecule has 1 aliphatic heterocycles. The Morgan fingerprint density at radius 2 is 1.89 bits per heavy atom. The minimum atomic E-state index is -4.30. The van der Waals surface area contributed by atoms with Crippen molar-refractivity contribution in [1.82, 2.24) is 4.90 Å². The van der Waals surface area contributed by atoms with Crippen LogP contribution in [0, 0.1) is 0 Å². The van der Waals surface area contributed by atoms with Crippen molar-refractivity contribution in [3.63, 3.8) is 0 Å². The molecule has 0 amide bonds. The number of hydrogen-bond donors (Lipinski definition) is 1. The van der Waals surface area contributed by atoms with Gasteiger partial charge in [-0.15, -0.1) is 0 Å². The summed E-state index contributed by atoms with van der Waals surface area (Å²) in [5.74, 6) is 0. The van der Waals surface area contributed by atoms with Crippen LogP contribution in [0.2, 0.25) is 0 Å². The van der Waals surface area contributed by atoms with E-state index in [1.807, 2.05) is 0 Å². The Morgan fingerprint density at radius 1 is 1.21 bits per heavy atom. The van der Waals surface area contributed by atoms with Gasteiger partial charge in [-0.3, -0.25) is 4.90 Å². The topological polar surface area (TPSA) is 35.8 Å². The Kier molecular flexibility index (Phi) is 4.09. The lowest BCUT2D eigenvalue weighted by Crippen LogP contribution is -2.33. The summed E-state index contributed by atoms with van der Waals surface area (Å²) >= 11 is 0. The first-order valence-electron chi connectivity index (χ1n) is 6.07. The van der Waals surface area contributed by atoms with Crippen molar-refractivity contribution in [3.05, 3.63) is 35.4 Å². The van der Waals surface area contributed by atoms with Crippen molar-refractivity contribution in [3.8, 4) is 0 Å². The molecule has 0 atom stereocenters. The Balaban J connectivity index is 2.00. The number of nitrogens with zero attached hydrogens (tertiary/aromatic N) is 2. The van der Waals surface area contributed by atoms with Crippen LogP contribution in [0.25, 0.3) is 0 Å². The normalized spacial score (nSPS) is 17.5. The number of likely N-dealkylation sites (tertiary alicyclic amines) is 1. The van der Waals surface area contributed by atoms with E-state index in [2.05, 4.69) is 10.1 Å². The lowest BCUT2D eigenvalue weighted by molar-refractivity contribution is -0.137. The molecule has 2 rings (SSSR count). The SMILES string of the molecule is ON=C1CCN(Cc2cccc(C(F)(F)F)c2)CC1. The van der Waals surface area contributed by atoms with Crippen molar-refractivity contribution in [2.24, 2.45) is 5.16 Å². The number of halogens is 3. The summed E-state index contributed by atoms with van der Waals surface area (Å²) < 4.78 is 37.8. The second-order valence-corrected chi connectivity index (χ2v) is 4.64. The van der Waals surface area contributed by atoms with E-state index in [0.717, 1.165) is 11.8 Å². The maximum absolute atomic E-state index is 12.6. The first kappa shape index (κ1) is 13.9. The fourth-order valence-corrected chi connectivity index (χ4v) is 2.17. The highest BCUT2D eigenvalue weighted by molar-refractivity contribution is 5.84. The number of rotatable bonds is 2. The van der Waals surface area contributed by atoms with E-state index in [1.165, 1.54) is 12.1 Å². The Bertz CT molecular complexity index is 461. The van der Waals surface area contributed by atoms with Gasteiger partial charge in [0.2, 0.25) is 0 Å². The third kappa shape index (κ3) is 3.70. The summed E-state index contributed by atoms with van der Waals surface area (Å²) in [4.78, 5) is 2.06. The minimum Gasteiger partial charge on any atom is -0.411 e. The lowest BCUT2D eigenvalue weighted by atomic mass is 10.1. The van der Waals surface area contributed by atoms with E-state index in [0.29, 0.717) is 38.0 Å². The molecule has 0 saturated carbocycles. The van der Waals surface area contributed by atoms with Crippen LogP contribution < -0.4 is 0 Å². The van der Waals surface area contributed by atoms with Crippen LogP contribution in [-0.2, 0) is 12.7 Å². The van der Waals surface area contributed by atoms with Crippen molar-refractivity contribution in [1.29, 1.82) is 0 Å². The average Bonchev–Trinajstić information content (AvgIpc) is 2.39. The summed E-state index contributed by atoms with van der Waals surface area (Å²) in [6.07, 6.45) is -2.97. The second-order valence-electron chi connectivity index (χ2n) is 4.64. The Hall–Kier alpha value is -1.56. The highest BCUT2D eigenvalue weighted by Crippen LogP contribution is 2.29. The van der Waals surface area contributed by atoms with Crippen LogP contribution in [0.5, 0.6) is 0 Å². The molecule has 19 heavy (non-hydrogen) atoms. The molecule has 0 spiro atoms. The van der Waals surface area contributed by atoms with Crippen LogP contribution in [0.15, 0.2) is 29.4 Å². The molecular formula is C13H15F3N2O. The van der Waals surface area contributed by atoms with Crippen molar-refractivity contribution in [2.45, 2.75) is 25.6 Å². The molecule has 1 N–H and O–H groups in total. The van der Waals surface area contributed by atoms with Crippen LogP contribution >= 0.6 is 0 Å². The van der Waals surface area contributed by atoms with Gasteiger partial charge in [-0.25, -0.2) is 0 Å². The summed E-state index contributed by atoms with van der Waals surface area (Å²) in [6, 6.07) is 5.40. The first-order valence-corrected chi connectivity index (χ1v) is 6.07. The van der Waals surface area contributed by atoms with E-state index < -0.39 is 11.7 Å². The second kappa shape index (κ2) is 5.61. The molecule has 1 saturated heterocycles. The Labute approximate surface area is 109 Å². The molecule has 1 fully saturated rings. The molecule has 6 heteroatoms. The van der Waals surface area contributed by atoms with Gasteiger partial charge in [0.05, 0.1) is 11.3 Å². The molecule has 104 valence electrons. The standard InChI is InChI=1S/C13H15F3N2O/c14-13(15,16)11-3-1-2-10(8-11)9-18-6-4-12(17-19)5-7-18/h1-3,8,19H,4-7,9H2. The average molecular weight is 272 g/mol. The molecule has 1 aromatic carbocycles. The van der Waals surface area contributed by atoms with Gasteiger partial charge in [0.15, 0.2) is 0 Å². The predicted molar refractivity (Wildman–Crippen MR) is 65.2 cm³/mol. The summed E-state index contributed by atoms with van der Waals surface area (Å²) in [5, 5.41) is 11.8. The zero-order chi connectivity index (χ0) is 13.9. The molecule has 0 aromatic heterocycles. The lowest BCUT2D eigenvalue weighted by Gasteiger charge is -2.27. The Morgan fingerprint density at radius 3 is 2.47 bits per heavy atom. The van der Waals surface area contributed by atoms with E-state index in [4.69, 9.17) is 5.21 Å². The molecule has 0 radical (unpaired) electrons. The van der Waals surface area contributed by atoms with E-state index in [-0.39, 0.29) is 0 Å². The fraction of sp³-hybridized carbons (Fsp3) is 0.462. The fourth-order valence-electron chi connectivity index (χ4n) is 2.17. The van der Waals surface area contributed by atoms with Crippen LogP contribution in [0.1, 0.15) is 24.0 Å². The van der Waals surface area contributed by atoms with Crippen LogP contribution in [0.4, 0.5) is 13.2 Å².